The number of ether oxygens (including phenoxy) is 1. The minimum Gasteiger partial charge on any atom is -0.492 e. The summed E-state index contributed by atoms with van der Waals surface area (Å²) in [4.78, 5) is 24.9. The molecule has 3 rings (SSSR count). The second-order valence-corrected chi connectivity index (χ2v) is 6.71. The number of nitrogen functional groups attached to an aromatic ring is 1. The van der Waals surface area contributed by atoms with Gasteiger partial charge in [-0.05, 0) is 56.2 Å². The molecule has 4 N–H and O–H groups in total. The van der Waals surface area contributed by atoms with Crippen molar-refractivity contribution in [1.29, 1.82) is 0 Å². The van der Waals surface area contributed by atoms with E-state index >= 15 is 0 Å². The first-order chi connectivity index (χ1) is 14.4. The van der Waals surface area contributed by atoms with Crippen molar-refractivity contribution in [1.82, 2.24) is 15.0 Å². The molecular weight excluding hydrogens is 384 g/mol. The third kappa shape index (κ3) is 4.75. The van der Waals surface area contributed by atoms with E-state index < -0.39 is 5.91 Å². The smallest absolute Gasteiger partial charge is 0.280 e. The zero-order valence-electron chi connectivity index (χ0n) is 17.1. The van der Waals surface area contributed by atoms with E-state index in [1.807, 2.05) is 39.0 Å². The fraction of sp³-hybridized carbons (Fsp3) is 0.238. The summed E-state index contributed by atoms with van der Waals surface area (Å²) >= 11 is 0. The van der Waals surface area contributed by atoms with Crippen LogP contribution in [0, 0.1) is 13.8 Å². The summed E-state index contributed by atoms with van der Waals surface area (Å²) in [7, 11) is 0. The largest absolute Gasteiger partial charge is 0.492 e. The number of aryl methyl sites for hydroxylation is 2. The number of hydrogen-bond acceptors (Lipinski definition) is 6. The number of carbonyl (C=O) groups is 2. The molecule has 156 valence electrons. The first-order valence-corrected chi connectivity index (χ1v) is 9.48. The van der Waals surface area contributed by atoms with Crippen LogP contribution in [-0.4, -0.2) is 33.4 Å². The number of benzene rings is 2. The van der Waals surface area contributed by atoms with E-state index in [9.17, 15) is 9.59 Å². The minimum atomic E-state index is -0.541. The summed E-state index contributed by atoms with van der Waals surface area (Å²) in [5.74, 6) is -0.340. The molecule has 0 saturated heterocycles. The lowest BCUT2D eigenvalue weighted by Gasteiger charge is -2.10. The molecule has 30 heavy (non-hydrogen) atoms. The van der Waals surface area contributed by atoms with E-state index in [4.69, 9.17) is 10.5 Å². The number of nitrogens with two attached hydrogens (primary N) is 1. The molecule has 0 aliphatic rings. The topological polar surface area (TPSA) is 124 Å². The number of amides is 2. The number of aromatic nitrogens is 3. The molecule has 1 aromatic heterocycles. The summed E-state index contributed by atoms with van der Waals surface area (Å²) in [6, 6.07) is 12.7. The van der Waals surface area contributed by atoms with E-state index in [1.165, 1.54) is 4.68 Å². The Morgan fingerprint density at radius 1 is 1.10 bits per heavy atom. The Morgan fingerprint density at radius 2 is 1.87 bits per heavy atom. The molecule has 0 radical (unpaired) electrons. The standard InChI is InChI=1S/C21H24N6O3/c1-4-30-17-8-6-5-7-16(17)24-21(29)19-20(22)27(26-25-19)12-18(28)23-15-10-9-13(2)14(3)11-15/h5-11H,4,12,22H2,1-3H3,(H,23,28)(H,24,29). The predicted octanol–water partition coefficient (Wildman–Crippen LogP) is 2.77. The molecule has 1 heterocycles. The lowest BCUT2D eigenvalue weighted by Crippen LogP contribution is -2.21. The van der Waals surface area contributed by atoms with Crippen LogP contribution in [0.4, 0.5) is 17.2 Å². The number of rotatable bonds is 7. The van der Waals surface area contributed by atoms with Gasteiger partial charge in [-0.1, -0.05) is 23.4 Å². The van der Waals surface area contributed by atoms with Crippen molar-refractivity contribution in [2.24, 2.45) is 0 Å². The average molecular weight is 408 g/mol. The summed E-state index contributed by atoms with van der Waals surface area (Å²) in [6.45, 7) is 6.10. The first-order valence-electron chi connectivity index (χ1n) is 9.48. The summed E-state index contributed by atoms with van der Waals surface area (Å²) in [5, 5.41) is 13.2. The SMILES string of the molecule is CCOc1ccccc1NC(=O)c1nnn(CC(=O)Nc2ccc(C)c(C)c2)c1N. The molecule has 9 heteroatoms. The van der Waals surface area contributed by atoms with E-state index in [0.29, 0.717) is 23.7 Å². The maximum absolute atomic E-state index is 12.6. The van der Waals surface area contributed by atoms with E-state index in [-0.39, 0.29) is 24.0 Å². The van der Waals surface area contributed by atoms with Crippen LogP contribution in [0.2, 0.25) is 0 Å². The number of carbonyl (C=O) groups excluding carboxylic acids is 2. The van der Waals surface area contributed by atoms with Crippen molar-refractivity contribution < 1.29 is 14.3 Å². The van der Waals surface area contributed by atoms with Crippen molar-refractivity contribution in [3.05, 3.63) is 59.3 Å². The number of nitrogens with one attached hydrogen (secondary N) is 2. The molecule has 0 fully saturated rings. The lowest BCUT2D eigenvalue weighted by atomic mass is 10.1. The Hall–Kier alpha value is -3.88. The molecule has 3 aromatic rings. The van der Waals surface area contributed by atoms with Gasteiger partial charge in [-0.25, -0.2) is 4.68 Å². The van der Waals surface area contributed by atoms with Gasteiger partial charge in [0.25, 0.3) is 5.91 Å². The highest BCUT2D eigenvalue weighted by atomic mass is 16.5. The van der Waals surface area contributed by atoms with Gasteiger partial charge in [-0.15, -0.1) is 5.10 Å². The number of hydrogen-bond donors (Lipinski definition) is 3. The van der Waals surface area contributed by atoms with Crippen LogP contribution in [-0.2, 0) is 11.3 Å². The Morgan fingerprint density at radius 3 is 2.60 bits per heavy atom. The molecular formula is C21H24N6O3. The van der Waals surface area contributed by atoms with Crippen LogP contribution in [0.25, 0.3) is 0 Å². The van der Waals surface area contributed by atoms with Crippen LogP contribution in [0.1, 0.15) is 28.5 Å². The van der Waals surface area contributed by atoms with Gasteiger partial charge in [0.15, 0.2) is 11.5 Å². The Kier molecular flexibility index (Phi) is 6.31. The number of anilines is 3. The van der Waals surface area contributed by atoms with Crippen LogP contribution < -0.4 is 21.1 Å². The summed E-state index contributed by atoms with van der Waals surface area (Å²) in [5.41, 5.74) is 9.31. The molecule has 0 unspecified atom stereocenters. The third-order valence-electron chi connectivity index (χ3n) is 4.51. The summed E-state index contributed by atoms with van der Waals surface area (Å²) in [6.07, 6.45) is 0. The summed E-state index contributed by atoms with van der Waals surface area (Å²) < 4.78 is 6.67. The van der Waals surface area contributed by atoms with Crippen molar-refractivity contribution in [2.75, 3.05) is 23.0 Å². The molecule has 0 spiro atoms. The van der Waals surface area contributed by atoms with Crippen molar-refractivity contribution >= 4 is 29.0 Å². The van der Waals surface area contributed by atoms with Crippen molar-refractivity contribution in [3.8, 4) is 5.75 Å². The van der Waals surface area contributed by atoms with Crippen molar-refractivity contribution in [3.63, 3.8) is 0 Å². The molecule has 0 saturated carbocycles. The normalized spacial score (nSPS) is 10.5. The van der Waals surface area contributed by atoms with Gasteiger partial charge < -0.3 is 21.1 Å². The monoisotopic (exact) mass is 408 g/mol. The Bertz CT molecular complexity index is 1080. The lowest BCUT2D eigenvalue weighted by molar-refractivity contribution is -0.116. The molecule has 2 amide bonds. The van der Waals surface area contributed by atoms with Gasteiger partial charge in [-0.2, -0.15) is 0 Å². The van der Waals surface area contributed by atoms with Gasteiger partial charge in [-0.3, -0.25) is 9.59 Å². The van der Waals surface area contributed by atoms with Crippen LogP contribution >= 0.6 is 0 Å². The maximum Gasteiger partial charge on any atom is 0.280 e. The van der Waals surface area contributed by atoms with Gasteiger partial charge >= 0.3 is 0 Å². The highest BCUT2D eigenvalue weighted by molar-refractivity contribution is 6.06. The Labute approximate surface area is 174 Å². The van der Waals surface area contributed by atoms with Gasteiger partial charge in [0.2, 0.25) is 5.91 Å². The fourth-order valence-corrected chi connectivity index (χ4v) is 2.79. The molecule has 2 aromatic carbocycles. The number of nitrogens with zero attached hydrogens (tertiary/aromatic N) is 3. The molecule has 9 nitrogen and oxygen atoms in total. The van der Waals surface area contributed by atoms with E-state index in [2.05, 4.69) is 20.9 Å². The first kappa shape index (κ1) is 20.8. The van der Waals surface area contributed by atoms with E-state index in [0.717, 1.165) is 11.1 Å². The zero-order chi connectivity index (χ0) is 21.7. The highest BCUT2D eigenvalue weighted by Crippen LogP contribution is 2.24. The van der Waals surface area contributed by atoms with E-state index in [1.54, 1.807) is 24.3 Å². The predicted molar refractivity (Wildman–Crippen MR) is 115 cm³/mol. The number of para-hydroxylation sites is 2. The molecule has 0 aliphatic heterocycles. The van der Waals surface area contributed by atoms with Gasteiger partial charge in [0, 0.05) is 5.69 Å². The molecule has 0 aliphatic carbocycles. The van der Waals surface area contributed by atoms with Crippen LogP contribution in [0.5, 0.6) is 5.75 Å². The Balaban J connectivity index is 1.68. The van der Waals surface area contributed by atoms with Gasteiger partial charge in [0.05, 0.1) is 12.3 Å². The maximum atomic E-state index is 12.6. The fourth-order valence-electron chi connectivity index (χ4n) is 2.79. The third-order valence-corrected chi connectivity index (χ3v) is 4.51. The quantitative estimate of drug-likeness (QED) is 0.552. The zero-order valence-corrected chi connectivity index (χ0v) is 17.1. The second-order valence-electron chi connectivity index (χ2n) is 6.71. The highest BCUT2D eigenvalue weighted by Gasteiger charge is 2.20. The molecule has 0 atom stereocenters. The second kappa shape index (κ2) is 9.08. The van der Waals surface area contributed by atoms with Crippen LogP contribution in [0.15, 0.2) is 42.5 Å². The average Bonchev–Trinajstić information content (AvgIpc) is 3.07. The van der Waals surface area contributed by atoms with Gasteiger partial charge in [0.1, 0.15) is 12.3 Å². The van der Waals surface area contributed by atoms with Crippen LogP contribution in [0.3, 0.4) is 0 Å². The van der Waals surface area contributed by atoms with Crippen molar-refractivity contribution in [2.45, 2.75) is 27.3 Å². The minimum absolute atomic E-state index is 0.00312. The molecule has 0 bridgehead atoms.